The van der Waals surface area contributed by atoms with Crippen LogP contribution in [-0.4, -0.2) is 12.6 Å². The molecule has 0 saturated carbocycles. The van der Waals surface area contributed by atoms with Crippen molar-refractivity contribution in [1.82, 2.24) is 0 Å². The number of carbonyl (C=O) groups is 1. The van der Waals surface area contributed by atoms with Crippen molar-refractivity contribution in [1.29, 1.82) is 0 Å². The van der Waals surface area contributed by atoms with Gasteiger partial charge in [-0.1, -0.05) is 91.4 Å². The van der Waals surface area contributed by atoms with Crippen LogP contribution in [0, 0.1) is 5.92 Å². The molecule has 0 fully saturated rings. The van der Waals surface area contributed by atoms with Gasteiger partial charge in [-0.25, -0.2) is 0 Å². The molecule has 138 valence electrons. The standard InChI is InChI=1S/C21H42O2/c1-4-7-10-12-14-17-20(16-9-6-3)19-23-21(22)18-15-13-11-8-5-2/h20H,4-19H2,1-3H3. The van der Waals surface area contributed by atoms with Crippen LogP contribution in [0.1, 0.15) is 117 Å². The van der Waals surface area contributed by atoms with Gasteiger partial charge in [-0.05, 0) is 25.2 Å². The van der Waals surface area contributed by atoms with Crippen LogP contribution in [0.3, 0.4) is 0 Å². The van der Waals surface area contributed by atoms with E-state index in [1.54, 1.807) is 0 Å². The van der Waals surface area contributed by atoms with Crippen LogP contribution >= 0.6 is 0 Å². The van der Waals surface area contributed by atoms with E-state index in [0.717, 1.165) is 6.42 Å². The number of carbonyl (C=O) groups excluding carboxylic acids is 1. The van der Waals surface area contributed by atoms with Crippen molar-refractivity contribution in [3.05, 3.63) is 0 Å². The summed E-state index contributed by atoms with van der Waals surface area (Å²) in [6.45, 7) is 7.36. The van der Waals surface area contributed by atoms with E-state index in [0.29, 0.717) is 18.9 Å². The number of rotatable bonds is 17. The maximum atomic E-state index is 11.8. The van der Waals surface area contributed by atoms with Crippen LogP contribution in [0.15, 0.2) is 0 Å². The maximum absolute atomic E-state index is 11.8. The third-order valence-corrected chi connectivity index (χ3v) is 4.65. The summed E-state index contributed by atoms with van der Waals surface area (Å²) in [5.41, 5.74) is 0. The van der Waals surface area contributed by atoms with E-state index in [1.165, 1.54) is 83.5 Å². The topological polar surface area (TPSA) is 26.3 Å². The molecule has 23 heavy (non-hydrogen) atoms. The fourth-order valence-electron chi connectivity index (χ4n) is 3.00. The van der Waals surface area contributed by atoms with Crippen LogP contribution in [0.2, 0.25) is 0 Å². The lowest BCUT2D eigenvalue weighted by Gasteiger charge is -2.17. The lowest BCUT2D eigenvalue weighted by molar-refractivity contribution is -0.145. The van der Waals surface area contributed by atoms with E-state index in [-0.39, 0.29) is 5.97 Å². The summed E-state index contributed by atoms with van der Waals surface area (Å²) < 4.78 is 5.55. The summed E-state index contributed by atoms with van der Waals surface area (Å²) in [6.07, 6.45) is 18.1. The Labute approximate surface area is 145 Å². The summed E-state index contributed by atoms with van der Waals surface area (Å²) in [5, 5.41) is 0. The minimum absolute atomic E-state index is 0.0222. The van der Waals surface area contributed by atoms with Crippen molar-refractivity contribution in [2.24, 2.45) is 5.92 Å². The first-order valence-electron chi connectivity index (χ1n) is 10.4. The summed E-state index contributed by atoms with van der Waals surface area (Å²) in [4.78, 5) is 11.8. The zero-order chi connectivity index (χ0) is 17.2. The predicted molar refractivity (Wildman–Crippen MR) is 101 cm³/mol. The van der Waals surface area contributed by atoms with Crippen molar-refractivity contribution >= 4 is 5.97 Å². The molecule has 0 heterocycles. The molecule has 2 heteroatoms. The van der Waals surface area contributed by atoms with Gasteiger partial charge in [-0.2, -0.15) is 0 Å². The monoisotopic (exact) mass is 326 g/mol. The highest BCUT2D eigenvalue weighted by Crippen LogP contribution is 2.18. The van der Waals surface area contributed by atoms with Crippen molar-refractivity contribution < 1.29 is 9.53 Å². The molecule has 0 aromatic heterocycles. The SMILES string of the molecule is CCCCCCCC(=O)OCC(CCCC)CCCCCCC. The Morgan fingerprint density at radius 3 is 1.83 bits per heavy atom. The number of ether oxygens (including phenoxy) is 1. The van der Waals surface area contributed by atoms with Gasteiger partial charge in [0.25, 0.3) is 0 Å². The summed E-state index contributed by atoms with van der Waals surface area (Å²) in [6, 6.07) is 0. The van der Waals surface area contributed by atoms with Gasteiger partial charge in [0.1, 0.15) is 0 Å². The smallest absolute Gasteiger partial charge is 0.305 e. The Morgan fingerprint density at radius 2 is 1.22 bits per heavy atom. The van der Waals surface area contributed by atoms with Gasteiger partial charge in [0.15, 0.2) is 0 Å². The Kier molecular flexibility index (Phi) is 17.4. The van der Waals surface area contributed by atoms with Crippen LogP contribution < -0.4 is 0 Å². The molecular formula is C21H42O2. The molecule has 0 radical (unpaired) electrons. The first-order chi connectivity index (χ1) is 11.2. The first-order valence-corrected chi connectivity index (χ1v) is 10.4. The molecule has 1 unspecified atom stereocenters. The van der Waals surface area contributed by atoms with Crippen LogP contribution in [0.4, 0.5) is 0 Å². The summed E-state index contributed by atoms with van der Waals surface area (Å²) in [7, 11) is 0. The molecule has 0 saturated heterocycles. The average Bonchev–Trinajstić information content (AvgIpc) is 2.56. The maximum Gasteiger partial charge on any atom is 0.305 e. The van der Waals surface area contributed by atoms with Gasteiger partial charge in [0.2, 0.25) is 0 Å². The number of hydrogen-bond donors (Lipinski definition) is 0. The predicted octanol–water partition coefficient (Wildman–Crippen LogP) is 7.06. The van der Waals surface area contributed by atoms with E-state index < -0.39 is 0 Å². The van der Waals surface area contributed by atoms with E-state index in [2.05, 4.69) is 20.8 Å². The summed E-state index contributed by atoms with van der Waals surface area (Å²) >= 11 is 0. The van der Waals surface area contributed by atoms with Crippen molar-refractivity contribution in [3.63, 3.8) is 0 Å². The van der Waals surface area contributed by atoms with E-state index in [4.69, 9.17) is 4.74 Å². The fraction of sp³-hybridized carbons (Fsp3) is 0.952. The van der Waals surface area contributed by atoms with E-state index >= 15 is 0 Å². The van der Waals surface area contributed by atoms with Gasteiger partial charge >= 0.3 is 5.97 Å². The normalized spacial score (nSPS) is 12.3. The van der Waals surface area contributed by atoms with Gasteiger partial charge in [-0.3, -0.25) is 4.79 Å². The fourth-order valence-corrected chi connectivity index (χ4v) is 3.00. The van der Waals surface area contributed by atoms with Crippen molar-refractivity contribution in [2.45, 2.75) is 117 Å². The molecule has 0 aliphatic carbocycles. The first kappa shape index (κ1) is 22.5. The molecule has 0 aliphatic rings. The Balaban J connectivity index is 3.77. The molecule has 0 N–H and O–H groups in total. The van der Waals surface area contributed by atoms with Crippen LogP contribution in [-0.2, 0) is 9.53 Å². The van der Waals surface area contributed by atoms with Crippen molar-refractivity contribution in [3.8, 4) is 0 Å². The number of hydrogen-bond acceptors (Lipinski definition) is 2. The zero-order valence-electron chi connectivity index (χ0n) is 16.2. The molecule has 0 spiro atoms. The van der Waals surface area contributed by atoms with E-state index in [9.17, 15) is 4.79 Å². The molecule has 0 aromatic carbocycles. The largest absolute Gasteiger partial charge is 0.465 e. The highest BCUT2D eigenvalue weighted by atomic mass is 16.5. The number of unbranched alkanes of at least 4 members (excludes halogenated alkanes) is 9. The highest BCUT2D eigenvalue weighted by molar-refractivity contribution is 5.69. The van der Waals surface area contributed by atoms with Gasteiger partial charge in [0.05, 0.1) is 6.61 Å². The molecule has 0 aromatic rings. The second kappa shape index (κ2) is 17.8. The van der Waals surface area contributed by atoms with Crippen molar-refractivity contribution in [2.75, 3.05) is 6.61 Å². The van der Waals surface area contributed by atoms with Gasteiger partial charge in [0, 0.05) is 6.42 Å². The van der Waals surface area contributed by atoms with Gasteiger partial charge < -0.3 is 4.74 Å². The Hall–Kier alpha value is -0.530. The minimum atomic E-state index is 0.0222. The lowest BCUT2D eigenvalue weighted by Crippen LogP contribution is -2.14. The molecule has 2 nitrogen and oxygen atoms in total. The van der Waals surface area contributed by atoms with Gasteiger partial charge in [-0.15, -0.1) is 0 Å². The summed E-state index contributed by atoms with van der Waals surface area (Å²) in [5.74, 6) is 0.606. The van der Waals surface area contributed by atoms with Crippen LogP contribution in [0.25, 0.3) is 0 Å². The lowest BCUT2D eigenvalue weighted by atomic mass is 9.96. The Bertz CT molecular complexity index is 250. The minimum Gasteiger partial charge on any atom is -0.465 e. The average molecular weight is 327 g/mol. The molecule has 1 atom stereocenters. The second-order valence-electron chi connectivity index (χ2n) is 7.06. The Morgan fingerprint density at radius 1 is 0.696 bits per heavy atom. The molecule has 0 aliphatic heterocycles. The quantitative estimate of drug-likeness (QED) is 0.211. The molecule has 0 amide bonds. The zero-order valence-corrected chi connectivity index (χ0v) is 16.2. The number of esters is 1. The third kappa shape index (κ3) is 16.1. The molecular weight excluding hydrogens is 284 g/mol. The third-order valence-electron chi connectivity index (χ3n) is 4.65. The molecule has 0 bridgehead atoms. The molecule has 0 rings (SSSR count). The second-order valence-corrected chi connectivity index (χ2v) is 7.06. The highest BCUT2D eigenvalue weighted by Gasteiger charge is 2.11. The van der Waals surface area contributed by atoms with E-state index in [1.807, 2.05) is 0 Å². The van der Waals surface area contributed by atoms with Crippen LogP contribution in [0.5, 0.6) is 0 Å².